The van der Waals surface area contributed by atoms with E-state index < -0.39 is 65.6 Å². The molecule has 1 aliphatic heterocycles. The van der Waals surface area contributed by atoms with Gasteiger partial charge in [0.05, 0.1) is 0 Å². The summed E-state index contributed by atoms with van der Waals surface area (Å²) in [6, 6.07) is 0. The molecule has 0 radical (unpaired) electrons. The molecule has 2 amide bonds. The molecule has 32 heavy (non-hydrogen) atoms. The number of hydroxylamine groups is 2. The molecule has 0 aromatic heterocycles. The molecule has 1 fully saturated rings. The predicted octanol–water partition coefficient (Wildman–Crippen LogP) is -0.270. The SMILES string of the molecule is CC(=O)O[C@@H](C(=O)OC(C)C(=O)ON1C(=O)CCC1=O)[C@@H](OC(C)=O)C(=O)OC(C)(C)C. The lowest BCUT2D eigenvalue weighted by Gasteiger charge is -2.27. The highest BCUT2D eigenvalue weighted by atomic mass is 16.7. The number of carbonyl (C=O) groups is 7. The van der Waals surface area contributed by atoms with Gasteiger partial charge in [0.1, 0.15) is 5.60 Å². The molecule has 1 saturated heterocycles. The van der Waals surface area contributed by atoms with E-state index in [2.05, 4.69) is 4.84 Å². The van der Waals surface area contributed by atoms with Crippen molar-refractivity contribution in [3.63, 3.8) is 0 Å². The Morgan fingerprint density at radius 3 is 1.62 bits per heavy atom. The van der Waals surface area contributed by atoms with Crippen LogP contribution in [0.15, 0.2) is 0 Å². The predicted molar refractivity (Wildman–Crippen MR) is 99.7 cm³/mol. The lowest BCUT2D eigenvalue weighted by molar-refractivity contribution is -0.209. The highest BCUT2D eigenvalue weighted by Gasteiger charge is 2.44. The van der Waals surface area contributed by atoms with E-state index in [0.717, 1.165) is 20.8 Å². The molecule has 3 atom stereocenters. The normalized spacial score (nSPS) is 16.5. The zero-order chi connectivity index (χ0) is 24.8. The second-order valence-corrected chi connectivity index (χ2v) is 7.66. The molecule has 178 valence electrons. The summed E-state index contributed by atoms with van der Waals surface area (Å²) in [5, 5.41) is 0.249. The first-order chi connectivity index (χ1) is 14.6. The van der Waals surface area contributed by atoms with Crippen molar-refractivity contribution in [1.29, 1.82) is 0 Å². The van der Waals surface area contributed by atoms with E-state index in [1.54, 1.807) is 0 Å². The first-order valence-electron chi connectivity index (χ1n) is 9.47. The summed E-state index contributed by atoms with van der Waals surface area (Å²) in [5.41, 5.74) is -1.05. The summed E-state index contributed by atoms with van der Waals surface area (Å²) in [4.78, 5) is 87.8. The molecule has 0 N–H and O–H groups in total. The fourth-order valence-corrected chi connectivity index (χ4v) is 2.30. The molecule has 0 spiro atoms. The minimum Gasteiger partial charge on any atom is -0.457 e. The topological polar surface area (TPSA) is 169 Å². The van der Waals surface area contributed by atoms with Crippen LogP contribution in [0.1, 0.15) is 54.4 Å². The summed E-state index contributed by atoms with van der Waals surface area (Å²) in [6.07, 6.45) is -6.13. The maximum absolute atomic E-state index is 12.6. The Hall–Kier alpha value is -3.51. The van der Waals surface area contributed by atoms with Gasteiger partial charge in [-0.2, -0.15) is 0 Å². The first-order valence-corrected chi connectivity index (χ1v) is 9.47. The van der Waals surface area contributed by atoms with Crippen molar-refractivity contribution >= 4 is 41.7 Å². The Balaban J connectivity index is 3.02. The highest BCUT2D eigenvalue weighted by molar-refractivity contribution is 6.01. The second kappa shape index (κ2) is 10.7. The number of rotatable bonds is 8. The van der Waals surface area contributed by atoms with Gasteiger partial charge in [0.25, 0.3) is 11.8 Å². The van der Waals surface area contributed by atoms with Crippen LogP contribution < -0.4 is 0 Å². The molecule has 13 nitrogen and oxygen atoms in total. The monoisotopic (exact) mass is 459 g/mol. The lowest BCUT2D eigenvalue weighted by Crippen LogP contribution is -2.49. The largest absolute Gasteiger partial charge is 0.457 e. The number of imide groups is 1. The van der Waals surface area contributed by atoms with Crippen molar-refractivity contribution < 1.29 is 57.3 Å². The van der Waals surface area contributed by atoms with Crippen LogP contribution in [0.25, 0.3) is 0 Å². The van der Waals surface area contributed by atoms with Crippen LogP contribution in [0.5, 0.6) is 0 Å². The minimum absolute atomic E-state index is 0.144. The molecular formula is C19H25NO12. The summed E-state index contributed by atoms with van der Waals surface area (Å²) in [6.45, 7) is 7.43. The summed E-state index contributed by atoms with van der Waals surface area (Å²) in [5.74, 6) is -7.47. The quantitative estimate of drug-likeness (QED) is 0.265. The molecular weight excluding hydrogens is 434 g/mol. The van der Waals surface area contributed by atoms with Gasteiger partial charge in [-0.25, -0.2) is 14.4 Å². The Labute approximate surface area is 183 Å². The molecule has 1 heterocycles. The molecule has 1 rings (SSSR count). The zero-order valence-electron chi connectivity index (χ0n) is 18.5. The smallest absolute Gasteiger partial charge is 0.373 e. The minimum atomic E-state index is -2.11. The van der Waals surface area contributed by atoms with Crippen LogP contribution in [0.2, 0.25) is 0 Å². The van der Waals surface area contributed by atoms with Gasteiger partial charge >= 0.3 is 29.8 Å². The number of esters is 4. The van der Waals surface area contributed by atoms with Crippen LogP contribution in [0.3, 0.4) is 0 Å². The Morgan fingerprint density at radius 1 is 0.781 bits per heavy atom. The summed E-state index contributed by atoms with van der Waals surface area (Å²) >= 11 is 0. The molecule has 0 saturated carbocycles. The van der Waals surface area contributed by atoms with Gasteiger partial charge in [-0.15, -0.1) is 5.06 Å². The van der Waals surface area contributed by atoms with Gasteiger partial charge in [0.15, 0.2) is 6.10 Å². The third-order valence-corrected chi connectivity index (χ3v) is 3.54. The standard InChI is InChI=1S/C19H25NO12/c1-9(16(25)32-20-12(23)7-8-13(20)24)28-17(26)14(29-10(2)21)15(30-11(3)22)18(27)31-19(4,5)6/h9,14-15H,7-8H2,1-6H3/t9?,14-,15-/m1/s1. The molecule has 0 aliphatic carbocycles. The zero-order valence-corrected chi connectivity index (χ0v) is 18.5. The maximum atomic E-state index is 12.6. The van der Waals surface area contributed by atoms with Crippen molar-refractivity contribution in [2.75, 3.05) is 0 Å². The third kappa shape index (κ3) is 7.96. The Morgan fingerprint density at radius 2 is 1.22 bits per heavy atom. The molecule has 0 aromatic carbocycles. The molecule has 1 unspecified atom stereocenters. The number of hydrogen-bond donors (Lipinski definition) is 0. The Bertz CT molecular complexity index is 796. The van der Waals surface area contributed by atoms with E-state index in [4.69, 9.17) is 18.9 Å². The molecule has 0 aromatic rings. The second-order valence-electron chi connectivity index (χ2n) is 7.66. The van der Waals surface area contributed by atoms with Crippen molar-refractivity contribution in [2.45, 2.75) is 78.3 Å². The van der Waals surface area contributed by atoms with Gasteiger partial charge in [-0.1, -0.05) is 0 Å². The van der Waals surface area contributed by atoms with Gasteiger partial charge in [0.2, 0.25) is 12.2 Å². The number of ether oxygens (including phenoxy) is 4. The molecule has 0 bridgehead atoms. The van der Waals surface area contributed by atoms with Gasteiger partial charge < -0.3 is 23.8 Å². The number of nitrogens with zero attached hydrogens (tertiary/aromatic N) is 1. The number of carbonyl (C=O) groups excluding carboxylic acids is 7. The fourth-order valence-electron chi connectivity index (χ4n) is 2.30. The van der Waals surface area contributed by atoms with E-state index in [1.165, 1.54) is 20.8 Å². The highest BCUT2D eigenvalue weighted by Crippen LogP contribution is 2.17. The van der Waals surface area contributed by atoms with Crippen molar-refractivity contribution in [3.8, 4) is 0 Å². The van der Waals surface area contributed by atoms with Crippen molar-refractivity contribution in [3.05, 3.63) is 0 Å². The Kier molecular flexibility index (Phi) is 8.86. The van der Waals surface area contributed by atoms with Crippen LogP contribution in [0, 0.1) is 0 Å². The van der Waals surface area contributed by atoms with Gasteiger partial charge in [0, 0.05) is 26.7 Å². The molecule has 13 heteroatoms. The van der Waals surface area contributed by atoms with Gasteiger partial charge in [-0.05, 0) is 27.7 Å². The van der Waals surface area contributed by atoms with Gasteiger partial charge in [-0.3, -0.25) is 19.2 Å². The van der Waals surface area contributed by atoms with Crippen LogP contribution >= 0.6 is 0 Å². The number of amides is 2. The molecule has 1 aliphatic rings. The van der Waals surface area contributed by atoms with E-state index >= 15 is 0 Å². The van der Waals surface area contributed by atoms with E-state index in [9.17, 15) is 33.6 Å². The maximum Gasteiger partial charge on any atom is 0.373 e. The lowest BCUT2D eigenvalue weighted by atomic mass is 10.1. The van der Waals surface area contributed by atoms with Crippen molar-refractivity contribution in [2.24, 2.45) is 0 Å². The van der Waals surface area contributed by atoms with Crippen LogP contribution in [-0.2, 0) is 57.3 Å². The average Bonchev–Trinajstić information content (AvgIpc) is 2.94. The van der Waals surface area contributed by atoms with E-state index in [0.29, 0.717) is 0 Å². The van der Waals surface area contributed by atoms with E-state index in [-0.39, 0.29) is 17.9 Å². The summed E-state index contributed by atoms with van der Waals surface area (Å²) < 4.78 is 19.6. The first kappa shape index (κ1) is 26.5. The average molecular weight is 459 g/mol. The summed E-state index contributed by atoms with van der Waals surface area (Å²) in [7, 11) is 0. The van der Waals surface area contributed by atoms with E-state index in [1.807, 2.05) is 0 Å². The fraction of sp³-hybridized carbons (Fsp3) is 0.632. The third-order valence-electron chi connectivity index (χ3n) is 3.54. The van der Waals surface area contributed by atoms with Crippen LogP contribution in [0.4, 0.5) is 0 Å². The van der Waals surface area contributed by atoms with Crippen molar-refractivity contribution in [1.82, 2.24) is 5.06 Å². The van der Waals surface area contributed by atoms with Crippen LogP contribution in [-0.4, -0.2) is 70.6 Å². The number of hydrogen-bond acceptors (Lipinski definition) is 12.